The van der Waals surface area contributed by atoms with E-state index < -0.39 is 6.10 Å². The number of nitrogens with two attached hydrogens (primary N) is 1. The molecule has 1 atom stereocenters. The Morgan fingerprint density at radius 1 is 1.58 bits per heavy atom. The largest absolute Gasteiger partial charge is 0.495 e. The van der Waals surface area contributed by atoms with Crippen molar-refractivity contribution in [3.8, 4) is 5.75 Å². The molecule has 4 N–H and O–H groups in total. The Labute approximate surface area is 113 Å². The third-order valence-electron chi connectivity index (χ3n) is 2.78. The lowest BCUT2D eigenvalue weighted by Crippen LogP contribution is -2.37. The van der Waals surface area contributed by atoms with E-state index in [1.807, 2.05) is 24.1 Å². The second-order valence-corrected chi connectivity index (χ2v) is 4.31. The summed E-state index contributed by atoms with van der Waals surface area (Å²) in [5.41, 5.74) is 7.27. The fourth-order valence-electron chi connectivity index (χ4n) is 1.56. The maximum atomic E-state index is 11.2. The van der Waals surface area contributed by atoms with Gasteiger partial charge in [-0.3, -0.25) is 4.79 Å². The summed E-state index contributed by atoms with van der Waals surface area (Å²) in [6, 6.07) is 5.50. The average molecular weight is 267 g/mol. The smallest absolute Gasteiger partial charge is 0.248 e. The molecular weight excluding hydrogens is 246 g/mol. The summed E-state index contributed by atoms with van der Waals surface area (Å²) in [5, 5.41) is 11.7. The van der Waals surface area contributed by atoms with E-state index in [0.717, 1.165) is 5.69 Å². The summed E-state index contributed by atoms with van der Waals surface area (Å²) in [5.74, 6) is 0.251. The van der Waals surface area contributed by atoms with Gasteiger partial charge in [-0.05, 0) is 19.1 Å². The van der Waals surface area contributed by atoms with Crippen molar-refractivity contribution in [2.45, 2.75) is 13.0 Å². The van der Waals surface area contributed by atoms with Gasteiger partial charge in [-0.25, -0.2) is 0 Å². The monoisotopic (exact) mass is 267 g/mol. The van der Waals surface area contributed by atoms with Crippen molar-refractivity contribution in [3.05, 3.63) is 18.2 Å². The molecule has 6 nitrogen and oxygen atoms in total. The standard InChI is InChI=1S/C13H21N3O3/c1-9(17)13(18)15-6-7-16(2)10-4-5-11(14)12(8-10)19-3/h4-5,8-9,17H,6-7,14H2,1-3H3,(H,15,18). The number of nitrogen functional groups attached to an aromatic ring is 1. The van der Waals surface area contributed by atoms with Crippen LogP contribution in [0.25, 0.3) is 0 Å². The Morgan fingerprint density at radius 3 is 2.84 bits per heavy atom. The number of methoxy groups -OCH3 is 1. The number of likely N-dealkylation sites (N-methyl/N-ethyl adjacent to an activating group) is 1. The maximum absolute atomic E-state index is 11.2. The van der Waals surface area contributed by atoms with Gasteiger partial charge in [0, 0.05) is 31.9 Å². The first-order valence-electron chi connectivity index (χ1n) is 6.06. The summed E-state index contributed by atoms with van der Waals surface area (Å²) in [7, 11) is 3.47. The predicted molar refractivity (Wildman–Crippen MR) is 75.4 cm³/mol. The van der Waals surface area contributed by atoms with Crippen molar-refractivity contribution in [3.63, 3.8) is 0 Å². The molecule has 0 heterocycles. The second kappa shape index (κ2) is 6.84. The van der Waals surface area contributed by atoms with Gasteiger partial charge < -0.3 is 25.8 Å². The number of rotatable bonds is 6. The highest BCUT2D eigenvalue weighted by Crippen LogP contribution is 2.26. The number of ether oxygens (including phenoxy) is 1. The van der Waals surface area contributed by atoms with Crippen molar-refractivity contribution < 1.29 is 14.6 Å². The highest BCUT2D eigenvalue weighted by Gasteiger charge is 2.09. The third-order valence-corrected chi connectivity index (χ3v) is 2.78. The highest BCUT2D eigenvalue weighted by atomic mass is 16.5. The van der Waals surface area contributed by atoms with Gasteiger partial charge in [0.25, 0.3) is 0 Å². The van der Waals surface area contributed by atoms with Crippen LogP contribution in [0, 0.1) is 0 Å². The summed E-state index contributed by atoms with van der Waals surface area (Å²) in [6.45, 7) is 2.50. The molecule has 0 aromatic heterocycles. The second-order valence-electron chi connectivity index (χ2n) is 4.31. The first-order valence-corrected chi connectivity index (χ1v) is 6.06. The van der Waals surface area contributed by atoms with Crippen LogP contribution in [0.15, 0.2) is 18.2 Å². The normalized spacial score (nSPS) is 11.8. The number of carbonyl (C=O) groups is 1. The van der Waals surface area contributed by atoms with E-state index in [0.29, 0.717) is 24.5 Å². The minimum absolute atomic E-state index is 0.372. The number of nitrogens with zero attached hydrogens (tertiary/aromatic N) is 1. The van der Waals surface area contributed by atoms with Gasteiger partial charge >= 0.3 is 0 Å². The van der Waals surface area contributed by atoms with Crippen LogP contribution in [0.1, 0.15) is 6.92 Å². The van der Waals surface area contributed by atoms with Crippen LogP contribution in [0.2, 0.25) is 0 Å². The van der Waals surface area contributed by atoms with Gasteiger partial charge in [-0.1, -0.05) is 0 Å². The zero-order chi connectivity index (χ0) is 14.4. The molecule has 0 aliphatic carbocycles. The Morgan fingerprint density at radius 2 is 2.26 bits per heavy atom. The van der Waals surface area contributed by atoms with Gasteiger partial charge in [-0.15, -0.1) is 0 Å². The molecule has 1 rings (SSSR count). The van der Waals surface area contributed by atoms with E-state index in [1.54, 1.807) is 13.2 Å². The zero-order valence-electron chi connectivity index (χ0n) is 11.5. The third kappa shape index (κ3) is 4.33. The van der Waals surface area contributed by atoms with Gasteiger partial charge in [0.2, 0.25) is 5.91 Å². The lowest BCUT2D eigenvalue weighted by molar-refractivity contribution is -0.128. The lowest BCUT2D eigenvalue weighted by atomic mass is 10.2. The van der Waals surface area contributed by atoms with Crippen LogP contribution >= 0.6 is 0 Å². The maximum Gasteiger partial charge on any atom is 0.248 e. The number of nitrogens with one attached hydrogen (secondary N) is 1. The molecule has 6 heteroatoms. The van der Waals surface area contributed by atoms with Crippen molar-refractivity contribution in [1.82, 2.24) is 5.32 Å². The molecule has 1 unspecified atom stereocenters. The predicted octanol–water partition coefficient (Wildman–Crippen LogP) is 0.211. The van der Waals surface area contributed by atoms with Crippen molar-refractivity contribution in [1.29, 1.82) is 0 Å². The van der Waals surface area contributed by atoms with Crippen LogP contribution in [0.4, 0.5) is 11.4 Å². The molecule has 19 heavy (non-hydrogen) atoms. The number of amides is 1. The number of carbonyl (C=O) groups excluding carboxylic acids is 1. The molecule has 0 bridgehead atoms. The molecule has 1 aromatic carbocycles. The summed E-state index contributed by atoms with van der Waals surface area (Å²) in [4.78, 5) is 13.2. The minimum Gasteiger partial charge on any atom is -0.495 e. The molecule has 0 fully saturated rings. The highest BCUT2D eigenvalue weighted by molar-refractivity contribution is 5.79. The van der Waals surface area contributed by atoms with Crippen molar-refractivity contribution >= 4 is 17.3 Å². The Bertz CT molecular complexity index is 435. The summed E-state index contributed by atoms with van der Waals surface area (Å²) < 4.78 is 5.16. The molecule has 0 saturated carbocycles. The number of hydrogen-bond donors (Lipinski definition) is 3. The molecule has 0 aliphatic rings. The number of benzene rings is 1. The van der Waals surface area contributed by atoms with Gasteiger partial charge in [-0.2, -0.15) is 0 Å². The average Bonchev–Trinajstić information content (AvgIpc) is 2.38. The number of aliphatic hydroxyl groups excluding tert-OH is 1. The lowest BCUT2D eigenvalue weighted by Gasteiger charge is -2.20. The quantitative estimate of drug-likeness (QED) is 0.641. The Balaban J connectivity index is 2.54. The van der Waals surface area contributed by atoms with E-state index in [4.69, 9.17) is 15.6 Å². The van der Waals surface area contributed by atoms with Crippen LogP contribution < -0.4 is 20.7 Å². The number of aliphatic hydroxyl groups is 1. The minimum atomic E-state index is -0.984. The molecule has 0 aliphatic heterocycles. The zero-order valence-corrected chi connectivity index (χ0v) is 11.5. The SMILES string of the molecule is COc1cc(N(C)CCNC(=O)C(C)O)ccc1N. The van der Waals surface area contributed by atoms with Crippen molar-refractivity contribution in [2.75, 3.05) is 37.9 Å². The molecule has 0 radical (unpaired) electrons. The summed E-state index contributed by atoms with van der Waals surface area (Å²) >= 11 is 0. The van der Waals surface area contributed by atoms with Crippen LogP contribution in [-0.4, -0.2) is 44.4 Å². The van der Waals surface area contributed by atoms with Crippen molar-refractivity contribution in [2.24, 2.45) is 0 Å². The molecule has 0 spiro atoms. The van der Waals surface area contributed by atoms with Gasteiger partial charge in [0.15, 0.2) is 0 Å². The fourth-order valence-corrected chi connectivity index (χ4v) is 1.56. The van der Waals surface area contributed by atoms with Gasteiger partial charge in [0.05, 0.1) is 12.8 Å². The first-order chi connectivity index (χ1) is 8.95. The van der Waals surface area contributed by atoms with Gasteiger partial charge in [0.1, 0.15) is 11.9 Å². The molecule has 1 amide bonds. The van der Waals surface area contributed by atoms with E-state index in [1.165, 1.54) is 6.92 Å². The van der Waals surface area contributed by atoms with E-state index in [-0.39, 0.29) is 5.91 Å². The first kappa shape index (κ1) is 15.1. The molecule has 1 aromatic rings. The molecule has 106 valence electrons. The number of hydrogen-bond acceptors (Lipinski definition) is 5. The van der Waals surface area contributed by atoms with Crippen LogP contribution in [0.3, 0.4) is 0 Å². The van der Waals surface area contributed by atoms with E-state index >= 15 is 0 Å². The van der Waals surface area contributed by atoms with E-state index in [2.05, 4.69) is 5.32 Å². The molecule has 0 saturated heterocycles. The number of anilines is 2. The molecular formula is C13H21N3O3. The Hall–Kier alpha value is -1.95. The van der Waals surface area contributed by atoms with Crippen LogP contribution in [0.5, 0.6) is 5.75 Å². The summed E-state index contributed by atoms with van der Waals surface area (Å²) in [6.07, 6.45) is -0.984. The van der Waals surface area contributed by atoms with E-state index in [9.17, 15) is 4.79 Å². The van der Waals surface area contributed by atoms with Crippen LogP contribution in [-0.2, 0) is 4.79 Å². The topological polar surface area (TPSA) is 87.8 Å². The fraction of sp³-hybridized carbons (Fsp3) is 0.462. The Kier molecular flexibility index (Phi) is 5.44.